The van der Waals surface area contributed by atoms with E-state index in [0.29, 0.717) is 13.1 Å². The molecule has 1 aliphatic heterocycles. The molecule has 76 valence electrons. The highest BCUT2D eigenvalue weighted by atomic mass is 32.1. The van der Waals surface area contributed by atoms with Crippen LogP contribution in [0.5, 0.6) is 0 Å². The lowest BCUT2D eigenvalue weighted by Gasteiger charge is -2.07. The lowest BCUT2D eigenvalue weighted by Crippen LogP contribution is -2.05. The van der Waals surface area contributed by atoms with Crippen LogP contribution in [0.3, 0.4) is 0 Å². The maximum absolute atomic E-state index is 12.3. The molecule has 0 aliphatic carbocycles. The van der Waals surface area contributed by atoms with Crippen LogP contribution in [0.2, 0.25) is 0 Å². The fourth-order valence-corrected chi connectivity index (χ4v) is 1.86. The van der Waals surface area contributed by atoms with E-state index in [4.69, 9.17) is 0 Å². The van der Waals surface area contributed by atoms with Crippen molar-refractivity contribution in [3.8, 4) is 0 Å². The third-order valence-corrected chi connectivity index (χ3v) is 2.52. The Bertz CT molecular complexity index is 362. The number of benzene rings is 1. The standard InChI is InChI=1S/C9H8F3NS/c10-9(11,12)8-2-1-6-4-13(14)5-7(6)3-8/h1-3,14H,4-5H2. The molecule has 1 aliphatic rings. The third kappa shape index (κ3) is 1.74. The smallest absolute Gasteiger partial charge is 0.244 e. The Hall–Kier alpha value is -0.680. The Labute approximate surface area is 85.1 Å². The van der Waals surface area contributed by atoms with Crippen LogP contribution < -0.4 is 0 Å². The quantitative estimate of drug-likeness (QED) is 0.657. The molecule has 1 nitrogen and oxygen atoms in total. The number of rotatable bonds is 0. The first-order valence-electron chi connectivity index (χ1n) is 4.09. The molecule has 0 saturated heterocycles. The van der Waals surface area contributed by atoms with Gasteiger partial charge in [0.05, 0.1) is 5.56 Å². The molecule has 0 radical (unpaired) electrons. The Kier molecular flexibility index (Phi) is 2.23. The molecule has 0 unspecified atom stereocenters. The minimum absolute atomic E-state index is 0.475. The van der Waals surface area contributed by atoms with E-state index in [1.807, 2.05) is 0 Å². The molecule has 1 aromatic rings. The molecule has 0 bridgehead atoms. The van der Waals surface area contributed by atoms with Gasteiger partial charge in [-0.3, -0.25) is 0 Å². The monoisotopic (exact) mass is 219 g/mol. The van der Waals surface area contributed by atoms with Crippen molar-refractivity contribution in [1.29, 1.82) is 0 Å². The zero-order chi connectivity index (χ0) is 10.3. The molecule has 1 aromatic carbocycles. The van der Waals surface area contributed by atoms with Crippen molar-refractivity contribution < 1.29 is 13.2 Å². The van der Waals surface area contributed by atoms with Crippen molar-refractivity contribution in [2.75, 3.05) is 0 Å². The topological polar surface area (TPSA) is 3.24 Å². The first kappa shape index (κ1) is 9.86. The molecule has 0 saturated carbocycles. The first-order chi connectivity index (χ1) is 6.47. The highest BCUT2D eigenvalue weighted by molar-refractivity contribution is 7.77. The van der Waals surface area contributed by atoms with Gasteiger partial charge >= 0.3 is 6.18 Å². The summed E-state index contributed by atoms with van der Waals surface area (Å²) >= 11 is 4.10. The SMILES string of the molecule is FC(F)(F)c1ccc2c(c1)CN(S)C2. The van der Waals surface area contributed by atoms with Gasteiger partial charge in [0.15, 0.2) is 0 Å². The van der Waals surface area contributed by atoms with Crippen LogP contribution in [0.25, 0.3) is 0 Å². The van der Waals surface area contributed by atoms with Crippen LogP contribution in [0.1, 0.15) is 16.7 Å². The second-order valence-electron chi connectivity index (χ2n) is 3.30. The average Bonchev–Trinajstić information content (AvgIpc) is 2.41. The van der Waals surface area contributed by atoms with Crippen molar-refractivity contribution in [1.82, 2.24) is 4.31 Å². The zero-order valence-corrected chi connectivity index (χ0v) is 8.07. The molecule has 2 rings (SSSR count). The molecule has 0 amide bonds. The number of fused-ring (bicyclic) bond motifs is 1. The Morgan fingerprint density at radius 3 is 2.43 bits per heavy atom. The summed E-state index contributed by atoms with van der Waals surface area (Å²) < 4.78 is 38.6. The summed E-state index contributed by atoms with van der Waals surface area (Å²) in [5, 5.41) is 0. The first-order valence-corrected chi connectivity index (χ1v) is 4.49. The van der Waals surface area contributed by atoms with E-state index in [-0.39, 0.29) is 0 Å². The van der Waals surface area contributed by atoms with Gasteiger partial charge in [-0.1, -0.05) is 18.9 Å². The lowest BCUT2D eigenvalue weighted by molar-refractivity contribution is -0.137. The van der Waals surface area contributed by atoms with Gasteiger partial charge < -0.3 is 0 Å². The second-order valence-corrected chi connectivity index (χ2v) is 3.87. The van der Waals surface area contributed by atoms with Crippen molar-refractivity contribution in [2.24, 2.45) is 0 Å². The molecule has 1 heterocycles. The van der Waals surface area contributed by atoms with Crippen molar-refractivity contribution in [3.05, 3.63) is 34.9 Å². The average molecular weight is 219 g/mol. The van der Waals surface area contributed by atoms with Crippen molar-refractivity contribution in [2.45, 2.75) is 19.3 Å². The largest absolute Gasteiger partial charge is 0.416 e. The van der Waals surface area contributed by atoms with Gasteiger partial charge in [0.1, 0.15) is 0 Å². The summed E-state index contributed by atoms with van der Waals surface area (Å²) in [5.74, 6) is 0. The van der Waals surface area contributed by atoms with E-state index in [1.54, 1.807) is 4.31 Å². The number of alkyl halides is 3. The van der Waals surface area contributed by atoms with Crippen LogP contribution in [0, 0.1) is 0 Å². The molecule has 0 atom stereocenters. The van der Waals surface area contributed by atoms with Crippen LogP contribution in [-0.2, 0) is 19.3 Å². The summed E-state index contributed by atoms with van der Waals surface area (Å²) in [5.41, 5.74) is 1.06. The van der Waals surface area contributed by atoms with E-state index < -0.39 is 11.7 Å². The van der Waals surface area contributed by atoms with Crippen LogP contribution in [0.4, 0.5) is 13.2 Å². The Morgan fingerprint density at radius 1 is 1.14 bits per heavy atom. The summed E-state index contributed by atoms with van der Waals surface area (Å²) in [6, 6.07) is 3.84. The maximum Gasteiger partial charge on any atom is 0.416 e. The van der Waals surface area contributed by atoms with Gasteiger partial charge in [-0.05, 0) is 23.3 Å². The lowest BCUT2D eigenvalue weighted by atomic mass is 10.1. The fraction of sp³-hybridized carbons (Fsp3) is 0.333. The van der Waals surface area contributed by atoms with Crippen LogP contribution in [-0.4, -0.2) is 4.31 Å². The third-order valence-electron chi connectivity index (χ3n) is 2.24. The number of hydrogen-bond donors (Lipinski definition) is 1. The van der Waals surface area contributed by atoms with Crippen molar-refractivity contribution >= 4 is 12.8 Å². The molecule has 0 N–H and O–H groups in total. The van der Waals surface area contributed by atoms with Crippen molar-refractivity contribution in [3.63, 3.8) is 0 Å². The Balaban J connectivity index is 2.38. The summed E-state index contributed by atoms with van der Waals surface area (Å²) in [4.78, 5) is 0. The molecule has 0 fully saturated rings. The summed E-state index contributed by atoms with van der Waals surface area (Å²) in [7, 11) is 0. The van der Waals surface area contributed by atoms with Gasteiger partial charge in [-0.25, -0.2) is 4.31 Å². The predicted molar refractivity (Wildman–Crippen MR) is 49.7 cm³/mol. The number of nitrogens with zero attached hydrogens (tertiary/aromatic N) is 1. The molecular formula is C9H8F3NS. The molecule has 5 heteroatoms. The van der Waals surface area contributed by atoms with E-state index in [1.165, 1.54) is 12.1 Å². The normalized spacial score (nSPS) is 17.1. The predicted octanol–water partition coefficient (Wildman–Crippen LogP) is 2.87. The summed E-state index contributed by atoms with van der Waals surface area (Å²) in [6.45, 7) is 1.08. The zero-order valence-electron chi connectivity index (χ0n) is 7.17. The highest BCUT2D eigenvalue weighted by Crippen LogP contribution is 2.33. The minimum Gasteiger partial charge on any atom is -0.244 e. The van der Waals surface area contributed by atoms with E-state index >= 15 is 0 Å². The van der Waals surface area contributed by atoms with Crippen LogP contribution in [0.15, 0.2) is 18.2 Å². The highest BCUT2D eigenvalue weighted by Gasteiger charge is 2.31. The fourth-order valence-electron chi connectivity index (χ4n) is 1.55. The van der Waals surface area contributed by atoms with Gasteiger partial charge in [-0.15, -0.1) is 0 Å². The van der Waals surface area contributed by atoms with Gasteiger partial charge in [0.25, 0.3) is 0 Å². The van der Waals surface area contributed by atoms with Gasteiger partial charge in [-0.2, -0.15) is 13.2 Å². The Morgan fingerprint density at radius 2 is 1.79 bits per heavy atom. The number of hydrogen-bond acceptors (Lipinski definition) is 2. The molecule has 14 heavy (non-hydrogen) atoms. The number of thiol groups is 1. The summed E-state index contributed by atoms with van der Waals surface area (Å²) in [6.07, 6.45) is -4.25. The molecule has 0 aromatic heterocycles. The van der Waals surface area contributed by atoms with Gasteiger partial charge in [0, 0.05) is 13.1 Å². The van der Waals surface area contributed by atoms with E-state index in [9.17, 15) is 13.2 Å². The number of halogens is 3. The second kappa shape index (κ2) is 3.17. The minimum atomic E-state index is -4.25. The molecule has 0 spiro atoms. The maximum atomic E-state index is 12.3. The van der Waals surface area contributed by atoms with E-state index in [2.05, 4.69) is 12.8 Å². The van der Waals surface area contributed by atoms with E-state index in [0.717, 1.165) is 17.2 Å². The molecular weight excluding hydrogens is 211 g/mol. The van der Waals surface area contributed by atoms with Crippen LogP contribution >= 0.6 is 12.8 Å². The van der Waals surface area contributed by atoms with Gasteiger partial charge in [0.2, 0.25) is 0 Å².